The molecule has 0 bridgehead atoms. The van der Waals surface area contributed by atoms with Gasteiger partial charge in [-0.3, -0.25) is 9.69 Å². The molecule has 0 unspecified atom stereocenters. The van der Waals surface area contributed by atoms with Crippen molar-refractivity contribution in [2.75, 3.05) is 38.1 Å². The van der Waals surface area contributed by atoms with Gasteiger partial charge in [0.25, 0.3) is 5.91 Å². The third-order valence-corrected chi connectivity index (χ3v) is 4.24. The minimum absolute atomic E-state index is 0.0837. The van der Waals surface area contributed by atoms with Crippen molar-refractivity contribution in [3.8, 4) is 0 Å². The Morgan fingerprint density at radius 3 is 2.58 bits per heavy atom. The molecule has 1 fully saturated rings. The molecule has 0 aliphatic carbocycles. The Labute approximate surface area is 127 Å². The number of carbonyl (C=O) groups excluding carboxylic acids is 1. The van der Waals surface area contributed by atoms with Crippen molar-refractivity contribution in [3.63, 3.8) is 0 Å². The lowest BCUT2D eigenvalue weighted by Gasteiger charge is -2.34. The molecule has 1 aliphatic heterocycles. The minimum atomic E-state index is 0.0837. The molecule has 2 rings (SSSR count). The average molecular weight is 346 g/mol. The lowest BCUT2D eigenvalue weighted by atomic mass is 10.1. The number of carbonyl (C=O) groups is 1. The maximum Gasteiger partial charge on any atom is 0.253 e. The highest BCUT2D eigenvalue weighted by Gasteiger charge is 2.21. The maximum atomic E-state index is 12.4. The smallest absolute Gasteiger partial charge is 0.253 e. The second-order valence-corrected chi connectivity index (χ2v) is 5.99. The van der Waals surface area contributed by atoms with E-state index in [-0.39, 0.29) is 5.91 Å². The number of nitrogens with zero attached hydrogens (tertiary/aromatic N) is 2. The Kier molecular flexibility index (Phi) is 5.25. The van der Waals surface area contributed by atoms with Gasteiger partial charge in [-0.05, 0) is 24.6 Å². The zero-order valence-electron chi connectivity index (χ0n) is 11.0. The monoisotopic (exact) mass is 344 g/mol. The summed E-state index contributed by atoms with van der Waals surface area (Å²) in [5.41, 5.74) is 1.69. The Balaban J connectivity index is 1.99. The van der Waals surface area contributed by atoms with E-state index in [1.165, 1.54) is 0 Å². The van der Waals surface area contributed by atoms with Gasteiger partial charge in [0.05, 0.1) is 0 Å². The van der Waals surface area contributed by atoms with E-state index >= 15 is 0 Å². The molecule has 0 spiro atoms. The fourth-order valence-corrected chi connectivity index (χ4v) is 2.88. The first-order valence-electron chi connectivity index (χ1n) is 6.45. The summed E-state index contributed by atoms with van der Waals surface area (Å²) in [4.78, 5) is 16.6. The highest BCUT2D eigenvalue weighted by atomic mass is 79.9. The number of amides is 1. The summed E-state index contributed by atoms with van der Waals surface area (Å²) in [6, 6.07) is 5.52. The van der Waals surface area contributed by atoms with Gasteiger partial charge in [0, 0.05) is 48.6 Å². The van der Waals surface area contributed by atoms with Crippen LogP contribution in [0.25, 0.3) is 0 Å². The highest BCUT2D eigenvalue weighted by Crippen LogP contribution is 2.18. The summed E-state index contributed by atoms with van der Waals surface area (Å²) < 4.78 is 0. The van der Waals surface area contributed by atoms with Gasteiger partial charge in [0.1, 0.15) is 0 Å². The summed E-state index contributed by atoms with van der Waals surface area (Å²) in [6.45, 7) is 6.44. The summed E-state index contributed by atoms with van der Waals surface area (Å²) in [5.74, 6) is 0.0837. The Morgan fingerprint density at radius 2 is 2.00 bits per heavy atom. The molecule has 1 saturated heterocycles. The van der Waals surface area contributed by atoms with Crippen LogP contribution in [0.3, 0.4) is 0 Å². The number of rotatable bonds is 3. The fourth-order valence-electron chi connectivity index (χ4n) is 2.20. The third kappa shape index (κ3) is 3.71. The molecular weight excluding hydrogens is 328 g/mol. The van der Waals surface area contributed by atoms with Crippen molar-refractivity contribution in [1.29, 1.82) is 0 Å². The van der Waals surface area contributed by atoms with Gasteiger partial charge in [-0.15, -0.1) is 0 Å². The van der Waals surface area contributed by atoms with Crippen molar-refractivity contribution in [1.82, 2.24) is 9.80 Å². The third-order valence-electron chi connectivity index (χ3n) is 3.48. The molecule has 19 heavy (non-hydrogen) atoms. The van der Waals surface area contributed by atoms with Crippen LogP contribution < -0.4 is 0 Å². The fraction of sp³-hybridized carbons (Fsp3) is 0.500. The standard InChI is InChI=1S/C14H18BrClN2O/c1-11-2-3-12(10-13(11)16)14(19)18-8-6-17(5-4-15)7-9-18/h2-3,10H,4-9H2,1H3. The quantitative estimate of drug-likeness (QED) is 0.787. The van der Waals surface area contributed by atoms with Gasteiger partial charge < -0.3 is 4.90 Å². The van der Waals surface area contributed by atoms with E-state index in [0.29, 0.717) is 10.6 Å². The number of hydrogen-bond acceptors (Lipinski definition) is 2. The summed E-state index contributed by atoms with van der Waals surface area (Å²) in [5, 5.41) is 1.64. The number of piperazine rings is 1. The average Bonchev–Trinajstić information content (AvgIpc) is 2.42. The highest BCUT2D eigenvalue weighted by molar-refractivity contribution is 9.09. The summed E-state index contributed by atoms with van der Waals surface area (Å²) >= 11 is 9.52. The van der Waals surface area contributed by atoms with Gasteiger partial charge in [-0.2, -0.15) is 0 Å². The molecule has 1 aromatic carbocycles. The van der Waals surface area contributed by atoms with Crippen LogP contribution in [0.15, 0.2) is 18.2 Å². The van der Waals surface area contributed by atoms with Crippen LogP contribution in [0, 0.1) is 6.92 Å². The summed E-state index contributed by atoms with van der Waals surface area (Å²) in [6.07, 6.45) is 0. The molecule has 0 radical (unpaired) electrons. The van der Waals surface area contributed by atoms with Crippen LogP contribution >= 0.6 is 27.5 Å². The van der Waals surface area contributed by atoms with Crippen molar-refractivity contribution in [3.05, 3.63) is 34.3 Å². The molecule has 1 amide bonds. The Hall–Kier alpha value is -0.580. The van der Waals surface area contributed by atoms with Crippen LogP contribution in [-0.4, -0.2) is 53.8 Å². The molecule has 1 aliphatic rings. The number of halogens is 2. The van der Waals surface area contributed by atoms with Crippen LogP contribution in [0.1, 0.15) is 15.9 Å². The molecule has 0 N–H and O–H groups in total. The number of benzene rings is 1. The second-order valence-electron chi connectivity index (χ2n) is 4.79. The van der Waals surface area contributed by atoms with Crippen LogP contribution in [0.4, 0.5) is 0 Å². The molecule has 0 aromatic heterocycles. The largest absolute Gasteiger partial charge is 0.336 e. The molecular formula is C14H18BrClN2O. The first-order chi connectivity index (χ1) is 9.11. The lowest BCUT2D eigenvalue weighted by molar-refractivity contribution is 0.0645. The van der Waals surface area contributed by atoms with E-state index < -0.39 is 0 Å². The SMILES string of the molecule is Cc1ccc(C(=O)N2CCN(CCBr)CC2)cc1Cl. The van der Waals surface area contributed by atoms with Gasteiger partial charge in [-0.1, -0.05) is 33.6 Å². The lowest BCUT2D eigenvalue weighted by Crippen LogP contribution is -2.49. The van der Waals surface area contributed by atoms with Gasteiger partial charge in [0.15, 0.2) is 0 Å². The van der Waals surface area contributed by atoms with Gasteiger partial charge >= 0.3 is 0 Å². The van der Waals surface area contributed by atoms with Crippen molar-refractivity contribution in [2.45, 2.75) is 6.92 Å². The van der Waals surface area contributed by atoms with Gasteiger partial charge in [-0.25, -0.2) is 0 Å². The van der Waals surface area contributed by atoms with E-state index in [4.69, 9.17) is 11.6 Å². The minimum Gasteiger partial charge on any atom is -0.336 e. The predicted molar refractivity (Wildman–Crippen MR) is 82.3 cm³/mol. The molecule has 104 valence electrons. The molecule has 3 nitrogen and oxygen atoms in total. The van der Waals surface area contributed by atoms with Crippen molar-refractivity contribution < 1.29 is 4.79 Å². The number of alkyl halides is 1. The van der Waals surface area contributed by atoms with Crippen LogP contribution in [-0.2, 0) is 0 Å². The van der Waals surface area contributed by atoms with E-state index in [1.807, 2.05) is 24.0 Å². The van der Waals surface area contributed by atoms with Crippen LogP contribution in [0.2, 0.25) is 5.02 Å². The zero-order chi connectivity index (χ0) is 13.8. The van der Waals surface area contributed by atoms with E-state index in [9.17, 15) is 4.79 Å². The predicted octanol–water partition coefficient (Wildman–Crippen LogP) is 2.80. The van der Waals surface area contributed by atoms with Crippen molar-refractivity contribution in [2.24, 2.45) is 0 Å². The first kappa shape index (κ1) is 14.8. The molecule has 0 saturated carbocycles. The summed E-state index contributed by atoms with van der Waals surface area (Å²) in [7, 11) is 0. The topological polar surface area (TPSA) is 23.6 Å². The molecule has 1 aromatic rings. The second kappa shape index (κ2) is 6.73. The molecule has 0 atom stereocenters. The Morgan fingerprint density at radius 1 is 1.32 bits per heavy atom. The van der Waals surface area contributed by atoms with E-state index in [2.05, 4.69) is 20.8 Å². The number of aryl methyl sites for hydroxylation is 1. The Bertz CT molecular complexity index is 459. The number of hydrogen-bond donors (Lipinski definition) is 0. The van der Waals surface area contributed by atoms with E-state index in [0.717, 1.165) is 43.6 Å². The van der Waals surface area contributed by atoms with E-state index in [1.54, 1.807) is 6.07 Å². The normalized spacial score (nSPS) is 16.7. The van der Waals surface area contributed by atoms with Gasteiger partial charge in [0.2, 0.25) is 0 Å². The molecule has 5 heteroatoms. The van der Waals surface area contributed by atoms with Crippen LogP contribution in [0.5, 0.6) is 0 Å². The zero-order valence-corrected chi connectivity index (χ0v) is 13.4. The molecule has 1 heterocycles. The van der Waals surface area contributed by atoms with Crippen molar-refractivity contribution >= 4 is 33.4 Å². The maximum absolute atomic E-state index is 12.4. The first-order valence-corrected chi connectivity index (χ1v) is 7.95.